The number of aryl methyl sites for hydroxylation is 2. The van der Waals surface area contributed by atoms with Crippen molar-refractivity contribution in [2.75, 3.05) is 0 Å². The summed E-state index contributed by atoms with van der Waals surface area (Å²) in [6.45, 7) is 3.48. The van der Waals surface area contributed by atoms with Crippen molar-refractivity contribution in [3.63, 3.8) is 0 Å². The smallest absolute Gasteiger partial charge is 0.126 e. The molecule has 0 aliphatic carbocycles. The van der Waals surface area contributed by atoms with Crippen LogP contribution >= 0.6 is 0 Å². The molecule has 1 nitrogen and oxygen atoms in total. The van der Waals surface area contributed by atoms with Crippen molar-refractivity contribution in [3.05, 3.63) is 71.0 Å². The van der Waals surface area contributed by atoms with Gasteiger partial charge in [0.2, 0.25) is 0 Å². The normalized spacial score (nSPS) is 14.0. The van der Waals surface area contributed by atoms with Crippen LogP contribution in [-0.2, 0) is 12.0 Å². The van der Waals surface area contributed by atoms with Gasteiger partial charge in [-0.15, -0.1) is 0 Å². The summed E-state index contributed by atoms with van der Waals surface area (Å²) in [7, 11) is 0. The van der Waals surface area contributed by atoms with Gasteiger partial charge in [-0.3, -0.25) is 0 Å². The van der Waals surface area contributed by atoms with Gasteiger partial charge in [0.25, 0.3) is 0 Å². The van der Waals surface area contributed by atoms with Crippen LogP contribution in [0.3, 0.4) is 0 Å². The second-order valence-electron chi connectivity index (χ2n) is 5.58. The minimum Gasteiger partial charge on any atom is -0.385 e. The maximum absolute atomic E-state index is 13.6. The topological polar surface area (TPSA) is 20.2 Å². The van der Waals surface area contributed by atoms with E-state index in [-0.39, 0.29) is 5.82 Å². The van der Waals surface area contributed by atoms with Crippen LogP contribution < -0.4 is 0 Å². The van der Waals surface area contributed by atoms with Gasteiger partial charge in [0, 0.05) is 0 Å². The Bertz CT molecular complexity index is 561. The van der Waals surface area contributed by atoms with E-state index in [0.717, 1.165) is 12.8 Å². The predicted octanol–water partition coefficient (Wildman–Crippen LogP) is 4.36. The van der Waals surface area contributed by atoms with Crippen LogP contribution in [0.2, 0.25) is 0 Å². The largest absolute Gasteiger partial charge is 0.385 e. The fraction of sp³-hybridized carbons (Fsp3) is 0.333. The van der Waals surface area contributed by atoms with Crippen LogP contribution in [0.5, 0.6) is 0 Å². The molecule has 1 atom stereocenters. The van der Waals surface area contributed by atoms with Crippen LogP contribution in [0.4, 0.5) is 4.39 Å². The Kier molecular flexibility index (Phi) is 4.56. The van der Waals surface area contributed by atoms with Crippen molar-refractivity contribution >= 4 is 0 Å². The zero-order valence-corrected chi connectivity index (χ0v) is 12.1. The first-order valence-electron chi connectivity index (χ1n) is 7.02. The van der Waals surface area contributed by atoms with Gasteiger partial charge in [-0.2, -0.15) is 0 Å². The molecular formula is C18H21FO. The second kappa shape index (κ2) is 6.19. The van der Waals surface area contributed by atoms with Crippen molar-refractivity contribution in [1.29, 1.82) is 0 Å². The molecule has 2 heteroatoms. The van der Waals surface area contributed by atoms with Gasteiger partial charge in [0.05, 0.1) is 5.60 Å². The average molecular weight is 272 g/mol. The molecule has 0 fully saturated rings. The molecule has 0 saturated heterocycles. The molecule has 2 aromatic carbocycles. The second-order valence-corrected chi connectivity index (χ2v) is 5.58. The summed E-state index contributed by atoms with van der Waals surface area (Å²) in [5.41, 5.74) is 1.53. The van der Waals surface area contributed by atoms with Crippen LogP contribution in [0.1, 0.15) is 36.5 Å². The third kappa shape index (κ3) is 3.67. The summed E-state index contributed by atoms with van der Waals surface area (Å²) in [5, 5.41) is 10.5. The van der Waals surface area contributed by atoms with E-state index in [2.05, 4.69) is 12.1 Å². The Hall–Kier alpha value is -1.67. The summed E-state index contributed by atoms with van der Waals surface area (Å²) in [5.74, 6) is -0.258. The standard InChI is InChI=1S/C18H21FO/c1-14-10-11-16(13-17(14)19)18(2,20)12-6-9-15-7-4-3-5-8-15/h3-5,7-8,10-11,13,20H,6,9,12H2,1-2H3. The Morgan fingerprint density at radius 2 is 1.80 bits per heavy atom. The molecule has 1 unspecified atom stereocenters. The van der Waals surface area contributed by atoms with Crippen LogP contribution in [0.25, 0.3) is 0 Å². The molecule has 0 heterocycles. The monoisotopic (exact) mass is 272 g/mol. The first kappa shape index (κ1) is 14.7. The first-order valence-corrected chi connectivity index (χ1v) is 7.02. The maximum atomic E-state index is 13.6. The fourth-order valence-corrected chi connectivity index (χ4v) is 2.35. The molecule has 1 N–H and O–H groups in total. The number of hydrogen-bond donors (Lipinski definition) is 1. The minimum absolute atomic E-state index is 0.258. The molecule has 0 amide bonds. The fourth-order valence-electron chi connectivity index (χ4n) is 2.35. The van der Waals surface area contributed by atoms with Gasteiger partial charge in [-0.25, -0.2) is 4.39 Å². The number of hydrogen-bond acceptors (Lipinski definition) is 1. The highest BCUT2D eigenvalue weighted by Crippen LogP contribution is 2.28. The lowest BCUT2D eigenvalue weighted by molar-refractivity contribution is 0.0453. The van der Waals surface area contributed by atoms with Gasteiger partial charge >= 0.3 is 0 Å². The van der Waals surface area contributed by atoms with Crippen LogP contribution in [0.15, 0.2) is 48.5 Å². The predicted molar refractivity (Wildman–Crippen MR) is 80.1 cm³/mol. The van der Waals surface area contributed by atoms with E-state index in [1.54, 1.807) is 26.0 Å². The van der Waals surface area contributed by atoms with Crippen molar-refractivity contribution in [3.8, 4) is 0 Å². The summed E-state index contributed by atoms with van der Waals surface area (Å²) in [6, 6.07) is 15.2. The van der Waals surface area contributed by atoms with Crippen molar-refractivity contribution < 1.29 is 9.50 Å². The van der Waals surface area contributed by atoms with E-state index < -0.39 is 5.60 Å². The molecular weight excluding hydrogens is 251 g/mol. The average Bonchev–Trinajstić information content (AvgIpc) is 2.43. The molecule has 2 rings (SSSR count). The third-order valence-electron chi connectivity index (χ3n) is 3.77. The van der Waals surface area contributed by atoms with E-state index in [1.165, 1.54) is 11.6 Å². The molecule has 0 radical (unpaired) electrons. The van der Waals surface area contributed by atoms with E-state index >= 15 is 0 Å². The number of benzene rings is 2. The lowest BCUT2D eigenvalue weighted by Gasteiger charge is -2.24. The highest BCUT2D eigenvalue weighted by atomic mass is 19.1. The van der Waals surface area contributed by atoms with E-state index in [1.807, 2.05) is 18.2 Å². The first-order chi connectivity index (χ1) is 9.49. The molecule has 2 aromatic rings. The van der Waals surface area contributed by atoms with E-state index in [9.17, 15) is 9.50 Å². The van der Waals surface area contributed by atoms with Crippen LogP contribution in [-0.4, -0.2) is 5.11 Å². The molecule has 0 saturated carbocycles. The van der Waals surface area contributed by atoms with E-state index in [4.69, 9.17) is 0 Å². The maximum Gasteiger partial charge on any atom is 0.126 e. The Morgan fingerprint density at radius 3 is 2.45 bits per heavy atom. The van der Waals surface area contributed by atoms with Gasteiger partial charge in [-0.1, -0.05) is 42.5 Å². The van der Waals surface area contributed by atoms with Crippen LogP contribution in [0, 0.1) is 12.7 Å². The molecule has 0 bridgehead atoms. The zero-order valence-electron chi connectivity index (χ0n) is 12.1. The summed E-state index contributed by atoms with van der Waals surface area (Å²) in [6.07, 6.45) is 2.40. The summed E-state index contributed by atoms with van der Waals surface area (Å²) >= 11 is 0. The van der Waals surface area contributed by atoms with Crippen molar-refractivity contribution in [2.45, 2.75) is 38.7 Å². The molecule has 0 aliphatic rings. The molecule has 106 valence electrons. The molecule has 20 heavy (non-hydrogen) atoms. The highest BCUT2D eigenvalue weighted by Gasteiger charge is 2.23. The SMILES string of the molecule is Cc1ccc(C(C)(O)CCCc2ccccc2)cc1F. The number of aliphatic hydroxyl groups is 1. The summed E-state index contributed by atoms with van der Waals surface area (Å²) < 4.78 is 13.6. The molecule has 0 spiro atoms. The van der Waals surface area contributed by atoms with Crippen molar-refractivity contribution in [2.24, 2.45) is 0 Å². The Labute approximate surface area is 120 Å². The molecule has 0 aliphatic heterocycles. The lowest BCUT2D eigenvalue weighted by atomic mass is 9.89. The van der Waals surface area contributed by atoms with Gasteiger partial charge in [-0.05, 0) is 55.9 Å². The van der Waals surface area contributed by atoms with E-state index in [0.29, 0.717) is 17.5 Å². The zero-order chi connectivity index (χ0) is 14.6. The third-order valence-corrected chi connectivity index (χ3v) is 3.77. The van der Waals surface area contributed by atoms with Gasteiger partial charge < -0.3 is 5.11 Å². The van der Waals surface area contributed by atoms with Gasteiger partial charge in [0.15, 0.2) is 0 Å². The number of halogens is 1. The summed E-state index contributed by atoms with van der Waals surface area (Å²) in [4.78, 5) is 0. The minimum atomic E-state index is -0.983. The quantitative estimate of drug-likeness (QED) is 0.857. The van der Waals surface area contributed by atoms with Gasteiger partial charge in [0.1, 0.15) is 5.82 Å². The number of rotatable bonds is 5. The Morgan fingerprint density at radius 1 is 1.10 bits per heavy atom. The molecule has 0 aromatic heterocycles. The highest BCUT2D eigenvalue weighted by molar-refractivity contribution is 5.27. The Balaban J connectivity index is 1.98. The lowest BCUT2D eigenvalue weighted by Crippen LogP contribution is -2.21. The van der Waals surface area contributed by atoms with Crippen molar-refractivity contribution in [1.82, 2.24) is 0 Å².